The SMILES string of the molecule is CC1(C)CC1NS(=O)(=O)c1ccc(N)c([N+](=O)[O-])c1. The molecule has 7 nitrogen and oxygen atoms in total. The minimum Gasteiger partial charge on any atom is -0.393 e. The van der Waals surface area contributed by atoms with Gasteiger partial charge in [-0.3, -0.25) is 10.1 Å². The van der Waals surface area contributed by atoms with Crippen molar-refractivity contribution in [2.75, 3.05) is 5.73 Å². The average molecular weight is 285 g/mol. The van der Waals surface area contributed by atoms with Crippen LogP contribution in [0, 0.1) is 15.5 Å². The van der Waals surface area contributed by atoms with Gasteiger partial charge in [0.2, 0.25) is 10.0 Å². The number of rotatable bonds is 4. The van der Waals surface area contributed by atoms with E-state index < -0.39 is 20.6 Å². The molecule has 1 aromatic carbocycles. The third-order valence-electron chi connectivity index (χ3n) is 3.32. The molecule has 1 aliphatic carbocycles. The largest absolute Gasteiger partial charge is 0.393 e. The van der Waals surface area contributed by atoms with E-state index in [0.717, 1.165) is 12.5 Å². The molecular formula is C11H15N3O4S. The van der Waals surface area contributed by atoms with Crippen molar-refractivity contribution < 1.29 is 13.3 Å². The highest BCUT2D eigenvalue weighted by Gasteiger charge is 2.48. The predicted octanol–water partition coefficient (Wildman–Crippen LogP) is 1.25. The number of benzene rings is 1. The van der Waals surface area contributed by atoms with E-state index in [1.165, 1.54) is 12.1 Å². The summed E-state index contributed by atoms with van der Waals surface area (Å²) >= 11 is 0. The lowest BCUT2D eigenvalue weighted by Gasteiger charge is -2.08. The number of anilines is 1. The van der Waals surface area contributed by atoms with Gasteiger partial charge in [-0.05, 0) is 24.0 Å². The van der Waals surface area contributed by atoms with Gasteiger partial charge >= 0.3 is 0 Å². The monoisotopic (exact) mass is 285 g/mol. The highest BCUT2D eigenvalue weighted by Crippen LogP contribution is 2.45. The molecule has 0 saturated heterocycles. The van der Waals surface area contributed by atoms with Gasteiger partial charge < -0.3 is 5.73 Å². The summed E-state index contributed by atoms with van der Waals surface area (Å²) in [5.41, 5.74) is 4.91. The maximum Gasteiger partial charge on any atom is 0.293 e. The lowest BCUT2D eigenvalue weighted by atomic mass is 10.2. The van der Waals surface area contributed by atoms with Crippen LogP contribution in [0.5, 0.6) is 0 Å². The summed E-state index contributed by atoms with van der Waals surface area (Å²) in [7, 11) is -3.75. The molecule has 104 valence electrons. The molecule has 0 aromatic heterocycles. The Morgan fingerprint density at radius 3 is 2.53 bits per heavy atom. The first kappa shape index (κ1) is 13.8. The summed E-state index contributed by atoms with van der Waals surface area (Å²) < 4.78 is 26.7. The molecule has 1 unspecified atom stereocenters. The normalized spacial score (nSPS) is 21.1. The van der Waals surface area contributed by atoms with E-state index in [2.05, 4.69) is 4.72 Å². The molecule has 0 bridgehead atoms. The van der Waals surface area contributed by atoms with Gasteiger partial charge in [0.25, 0.3) is 5.69 Å². The zero-order valence-electron chi connectivity index (χ0n) is 10.6. The molecule has 1 fully saturated rings. The molecule has 1 aliphatic rings. The van der Waals surface area contributed by atoms with Crippen LogP contribution in [0.25, 0.3) is 0 Å². The van der Waals surface area contributed by atoms with Crippen molar-refractivity contribution in [3.63, 3.8) is 0 Å². The van der Waals surface area contributed by atoms with Crippen LogP contribution in [-0.2, 0) is 10.0 Å². The van der Waals surface area contributed by atoms with Gasteiger partial charge in [0.1, 0.15) is 5.69 Å². The lowest BCUT2D eigenvalue weighted by molar-refractivity contribution is -0.384. The molecule has 19 heavy (non-hydrogen) atoms. The molecule has 0 amide bonds. The Labute approximate surface area is 111 Å². The minimum absolute atomic E-state index is 0.0595. The molecule has 1 aromatic rings. The lowest BCUT2D eigenvalue weighted by Crippen LogP contribution is -2.28. The summed E-state index contributed by atoms with van der Waals surface area (Å²) in [6.45, 7) is 3.90. The van der Waals surface area contributed by atoms with Crippen molar-refractivity contribution in [2.45, 2.75) is 31.2 Å². The molecule has 3 N–H and O–H groups in total. The summed E-state index contributed by atoms with van der Waals surface area (Å²) in [5, 5.41) is 10.7. The number of nitrogen functional groups attached to an aromatic ring is 1. The second-order valence-corrected chi connectivity index (χ2v) is 7.06. The highest BCUT2D eigenvalue weighted by atomic mass is 32.2. The fraction of sp³-hybridized carbons (Fsp3) is 0.455. The number of nitro groups is 1. The number of nitrogens with two attached hydrogens (primary N) is 1. The minimum atomic E-state index is -3.75. The van der Waals surface area contributed by atoms with Gasteiger partial charge in [-0.25, -0.2) is 13.1 Å². The number of nitro benzene ring substituents is 1. The molecule has 0 heterocycles. The van der Waals surface area contributed by atoms with Crippen LogP contribution < -0.4 is 10.5 Å². The van der Waals surface area contributed by atoms with Crippen LogP contribution in [0.15, 0.2) is 23.1 Å². The molecular weight excluding hydrogens is 270 g/mol. The standard InChI is InChI=1S/C11H15N3O4S/c1-11(2)6-10(11)13-19(17,18)7-3-4-8(12)9(5-7)14(15)16/h3-5,10,13H,6,12H2,1-2H3. The van der Waals surface area contributed by atoms with E-state index >= 15 is 0 Å². The van der Waals surface area contributed by atoms with E-state index in [0.29, 0.717) is 0 Å². The maximum atomic E-state index is 12.1. The highest BCUT2D eigenvalue weighted by molar-refractivity contribution is 7.89. The molecule has 0 radical (unpaired) electrons. The van der Waals surface area contributed by atoms with Crippen molar-refractivity contribution in [3.8, 4) is 0 Å². The van der Waals surface area contributed by atoms with Gasteiger partial charge in [0, 0.05) is 12.1 Å². The first-order valence-corrected chi connectivity index (χ1v) is 7.18. The Bertz CT molecular complexity index is 639. The Morgan fingerprint density at radius 1 is 1.47 bits per heavy atom. The molecule has 0 spiro atoms. The van der Waals surface area contributed by atoms with Crippen LogP contribution in [0.3, 0.4) is 0 Å². The first-order valence-electron chi connectivity index (χ1n) is 5.70. The van der Waals surface area contributed by atoms with E-state index in [-0.39, 0.29) is 22.0 Å². The smallest absolute Gasteiger partial charge is 0.293 e. The molecule has 2 rings (SSSR count). The second-order valence-electron chi connectivity index (χ2n) is 5.34. The summed E-state index contributed by atoms with van der Waals surface area (Å²) in [6, 6.07) is 3.34. The van der Waals surface area contributed by atoms with Crippen molar-refractivity contribution in [1.82, 2.24) is 4.72 Å². The van der Waals surface area contributed by atoms with Gasteiger partial charge in [-0.2, -0.15) is 0 Å². The zero-order chi connectivity index (χ0) is 14.4. The van der Waals surface area contributed by atoms with Crippen LogP contribution in [-0.4, -0.2) is 19.4 Å². The fourth-order valence-electron chi connectivity index (χ4n) is 1.77. The van der Waals surface area contributed by atoms with Gasteiger partial charge in [-0.15, -0.1) is 0 Å². The van der Waals surface area contributed by atoms with Crippen molar-refractivity contribution in [3.05, 3.63) is 28.3 Å². The average Bonchev–Trinajstić information content (AvgIpc) is 2.84. The van der Waals surface area contributed by atoms with Crippen LogP contribution >= 0.6 is 0 Å². The molecule has 1 atom stereocenters. The Hall–Kier alpha value is -1.67. The second kappa shape index (κ2) is 4.17. The third-order valence-corrected chi connectivity index (χ3v) is 4.79. The number of sulfonamides is 1. The fourth-order valence-corrected chi connectivity index (χ4v) is 3.20. The predicted molar refractivity (Wildman–Crippen MR) is 70.0 cm³/mol. The van der Waals surface area contributed by atoms with Gasteiger partial charge in [-0.1, -0.05) is 13.8 Å². The van der Waals surface area contributed by atoms with Gasteiger partial charge in [0.05, 0.1) is 9.82 Å². The van der Waals surface area contributed by atoms with E-state index in [4.69, 9.17) is 5.73 Å². The Kier molecular flexibility index (Phi) is 3.02. The van der Waals surface area contributed by atoms with Crippen molar-refractivity contribution in [1.29, 1.82) is 0 Å². The van der Waals surface area contributed by atoms with Crippen LogP contribution in [0.4, 0.5) is 11.4 Å². The number of hydrogen-bond donors (Lipinski definition) is 2. The topological polar surface area (TPSA) is 115 Å². The Balaban J connectivity index is 2.31. The van der Waals surface area contributed by atoms with E-state index in [1.54, 1.807) is 0 Å². The van der Waals surface area contributed by atoms with E-state index in [9.17, 15) is 18.5 Å². The summed E-state index contributed by atoms with van der Waals surface area (Å²) in [6.07, 6.45) is 0.753. The van der Waals surface area contributed by atoms with Crippen molar-refractivity contribution >= 4 is 21.4 Å². The van der Waals surface area contributed by atoms with Crippen molar-refractivity contribution in [2.24, 2.45) is 5.41 Å². The van der Waals surface area contributed by atoms with Gasteiger partial charge in [0.15, 0.2) is 0 Å². The molecule has 0 aliphatic heterocycles. The number of nitrogens with zero attached hydrogens (tertiary/aromatic N) is 1. The Morgan fingerprint density at radius 2 is 2.05 bits per heavy atom. The summed E-state index contributed by atoms with van der Waals surface area (Å²) in [5.74, 6) is 0. The molecule has 1 saturated carbocycles. The zero-order valence-corrected chi connectivity index (χ0v) is 11.4. The summed E-state index contributed by atoms with van der Waals surface area (Å²) in [4.78, 5) is 9.91. The third kappa shape index (κ3) is 2.69. The number of nitrogens with one attached hydrogen (secondary N) is 1. The quantitative estimate of drug-likeness (QED) is 0.491. The van der Waals surface area contributed by atoms with Crippen LogP contribution in [0.1, 0.15) is 20.3 Å². The maximum absolute atomic E-state index is 12.1. The van der Waals surface area contributed by atoms with E-state index in [1.807, 2.05) is 13.8 Å². The van der Waals surface area contributed by atoms with Crippen LogP contribution in [0.2, 0.25) is 0 Å². The molecule has 8 heteroatoms. The first-order chi connectivity index (χ1) is 8.63. The number of hydrogen-bond acceptors (Lipinski definition) is 5.